The summed E-state index contributed by atoms with van der Waals surface area (Å²) in [6, 6.07) is 0. The number of fused-ring (bicyclic) bond motifs is 4. The molecule has 6 atom stereocenters. The lowest BCUT2D eigenvalue weighted by molar-refractivity contribution is -0.186. The Bertz CT molecular complexity index is 455. The molecule has 4 rings (SSSR count). The molecule has 3 unspecified atom stereocenters. The maximum atomic E-state index is 13.3. The van der Waals surface area contributed by atoms with Gasteiger partial charge in [-0.3, -0.25) is 4.79 Å². The van der Waals surface area contributed by atoms with Crippen molar-refractivity contribution in [3.8, 4) is 0 Å². The van der Waals surface area contributed by atoms with Crippen molar-refractivity contribution in [2.75, 3.05) is 0 Å². The third-order valence-corrected chi connectivity index (χ3v) is 7.67. The first-order chi connectivity index (χ1) is 10.6. The van der Waals surface area contributed by atoms with Gasteiger partial charge in [0.25, 0.3) is 0 Å². The summed E-state index contributed by atoms with van der Waals surface area (Å²) in [5.41, 5.74) is -0.215. The number of carbonyl (C=O) groups is 1. The fourth-order valence-electron chi connectivity index (χ4n) is 6.78. The third kappa shape index (κ3) is 2.24. The van der Waals surface area contributed by atoms with Gasteiger partial charge in [0.1, 0.15) is 5.60 Å². The van der Waals surface area contributed by atoms with E-state index in [9.17, 15) is 4.79 Å². The highest BCUT2D eigenvalue weighted by molar-refractivity contribution is 5.77. The van der Waals surface area contributed by atoms with Gasteiger partial charge in [-0.1, -0.05) is 26.7 Å². The second-order valence-corrected chi connectivity index (χ2v) is 9.18. The molecule has 0 spiro atoms. The highest BCUT2D eigenvalue weighted by Gasteiger charge is 2.56. The zero-order chi connectivity index (χ0) is 15.4. The van der Waals surface area contributed by atoms with E-state index in [1.54, 1.807) is 0 Å². The van der Waals surface area contributed by atoms with Crippen molar-refractivity contribution < 1.29 is 9.53 Å². The van der Waals surface area contributed by atoms with E-state index < -0.39 is 0 Å². The summed E-state index contributed by atoms with van der Waals surface area (Å²) >= 11 is 0. The number of ether oxygens (including phenoxy) is 1. The van der Waals surface area contributed by atoms with E-state index in [1.165, 1.54) is 38.5 Å². The standard InChI is InChI=1S/C20H32O2/c1-3-20(13-16-6-7-17(20)10-16)22-18(21)19-8-4-5-15(12-19)9-14(2)11-19/h14-17H,3-13H2,1-2H3/t14?,15?,16-,17+,19?,20+/m0/s1. The van der Waals surface area contributed by atoms with Crippen molar-refractivity contribution in [1.29, 1.82) is 0 Å². The lowest BCUT2D eigenvalue weighted by Crippen LogP contribution is -2.48. The Balaban J connectivity index is 1.53. The maximum absolute atomic E-state index is 13.3. The average molecular weight is 304 g/mol. The van der Waals surface area contributed by atoms with Gasteiger partial charge < -0.3 is 4.74 Å². The van der Waals surface area contributed by atoms with E-state index in [-0.39, 0.29) is 17.0 Å². The molecule has 0 aliphatic heterocycles. The largest absolute Gasteiger partial charge is 0.458 e. The molecule has 0 heterocycles. The van der Waals surface area contributed by atoms with Crippen LogP contribution in [0.15, 0.2) is 0 Å². The Labute approximate surface area is 135 Å². The van der Waals surface area contributed by atoms with Gasteiger partial charge in [0.15, 0.2) is 0 Å². The Morgan fingerprint density at radius 1 is 1.09 bits per heavy atom. The molecule has 2 heteroatoms. The third-order valence-electron chi connectivity index (χ3n) is 7.67. The lowest BCUT2D eigenvalue weighted by atomic mass is 9.59. The highest BCUT2D eigenvalue weighted by Crippen LogP contribution is 2.57. The Hall–Kier alpha value is -0.530. The van der Waals surface area contributed by atoms with Crippen LogP contribution in [0.5, 0.6) is 0 Å². The first-order valence-corrected chi connectivity index (χ1v) is 9.79. The van der Waals surface area contributed by atoms with Crippen LogP contribution in [0, 0.1) is 29.1 Å². The van der Waals surface area contributed by atoms with Crippen LogP contribution in [0.1, 0.15) is 84.5 Å². The maximum Gasteiger partial charge on any atom is 0.312 e. The number of rotatable bonds is 3. The molecule has 4 fully saturated rings. The van der Waals surface area contributed by atoms with E-state index in [4.69, 9.17) is 4.74 Å². The van der Waals surface area contributed by atoms with Crippen molar-refractivity contribution in [1.82, 2.24) is 0 Å². The SMILES string of the molecule is CC[C@@]1(OC(=O)C23CCCC(CC(C)C2)C3)C[C@H]2CC[C@@H]1C2. The fraction of sp³-hybridized carbons (Fsp3) is 0.950. The molecule has 0 aromatic rings. The lowest BCUT2D eigenvalue weighted by Gasteiger charge is -2.48. The number of carbonyl (C=O) groups excluding carboxylic acids is 1. The van der Waals surface area contributed by atoms with Gasteiger partial charge in [0.05, 0.1) is 5.41 Å². The van der Waals surface area contributed by atoms with Crippen molar-refractivity contribution >= 4 is 5.97 Å². The smallest absolute Gasteiger partial charge is 0.312 e. The molecule has 2 nitrogen and oxygen atoms in total. The van der Waals surface area contributed by atoms with Crippen molar-refractivity contribution in [3.63, 3.8) is 0 Å². The molecule has 0 aromatic carbocycles. The Kier molecular flexibility index (Phi) is 3.58. The molecule has 4 aliphatic rings. The molecular weight excluding hydrogens is 272 g/mol. The zero-order valence-electron chi connectivity index (χ0n) is 14.4. The molecule has 0 N–H and O–H groups in total. The molecule has 0 radical (unpaired) electrons. The second kappa shape index (κ2) is 5.24. The monoisotopic (exact) mass is 304 g/mol. The molecule has 124 valence electrons. The number of esters is 1. The van der Waals surface area contributed by atoms with Crippen LogP contribution < -0.4 is 0 Å². The Morgan fingerprint density at radius 3 is 2.59 bits per heavy atom. The van der Waals surface area contributed by atoms with Gasteiger partial charge in [0, 0.05) is 0 Å². The predicted molar refractivity (Wildman–Crippen MR) is 87.4 cm³/mol. The predicted octanol–water partition coefficient (Wildman–Crippen LogP) is 5.10. The molecule has 0 amide bonds. The zero-order valence-corrected chi connectivity index (χ0v) is 14.4. The van der Waals surface area contributed by atoms with Crippen LogP contribution in [0.25, 0.3) is 0 Å². The van der Waals surface area contributed by atoms with Gasteiger partial charge >= 0.3 is 5.97 Å². The highest BCUT2D eigenvalue weighted by atomic mass is 16.6. The van der Waals surface area contributed by atoms with Gasteiger partial charge in [-0.25, -0.2) is 0 Å². The van der Waals surface area contributed by atoms with E-state index >= 15 is 0 Å². The molecule has 4 saturated carbocycles. The van der Waals surface area contributed by atoms with Crippen molar-refractivity contribution in [2.24, 2.45) is 29.1 Å². The molecule has 22 heavy (non-hydrogen) atoms. The number of hydrogen-bond acceptors (Lipinski definition) is 2. The van der Waals surface area contributed by atoms with E-state index in [0.29, 0.717) is 11.8 Å². The van der Waals surface area contributed by atoms with Crippen LogP contribution in [-0.2, 0) is 9.53 Å². The summed E-state index contributed by atoms with van der Waals surface area (Å²) in [7, 11) is 0. The molecule has 4 aliphatic carbocycles. The van der Waals surface area contributed by atoms with Crippen LogP contribution in [0.3, 0.4) is 0 Å². The summed E-state index contributed by atoms with van der Waals surface area (Å²) in [5.74, 6) is 3.16. The van der Waals surface area contributed by atoms with Crippen LogP contribution in [0.2, 0.25) is 0 Å². The van der Waals surface area contributed by atoms with Crippen LogP contribution >= 0.6 is 0 Å². The topological polar surface area (TPSA) is 26.3 Å². The van der Waals surface area contributed by atoms with Crippen molar-refractivity contribution in [3.05, 3.63) is 0 Å². The van der Waals surface area contributed by atoms with Gasteiger partial charge in [-0.15, -0.1) is 0 Å². The van der Waals surface area contributed by atoms with E-state index in [2.05, 4.69) is 13.8 Å². The quantitative estimate of drug-likeness (QED) is 0.678. The summed E-state index contributed by atoms with van der Waals surface area (Å²) in [4.78, 5) is 13.3. The molecule has 0 saturated heterocycles. The molecule has 0 aromatic heterocycles. The first-order valence-electron chi connectivity index (χ1n) is 9.79. The second-order valence-electron chi connectivity index (χ2n) is 9.18. The number of hydrogen-bond donors (Lipinski definition) is 0. The van der Waals surface area contributed by atoms with E-state index in [0.717, 1.165) is 43.9 Å². The van der Waals surface area contributed by atoms with Crippen LogP contribution in [0.4, 0.5) is 0 Å². The van der Waals surface area contributed by atoms with Crippen LogP contribution in [-0.4, -0.2) is 11.6 Å². The molecular formula is C20H32O2. The van der Waals surface area contributed by atoms with Gasteiger partial charge in [-0.05, 0) is 81.5 Å². The van der Waals surface area contributed by atoms with Gasteiger partial charge in [-0.2, -0.15) is 0 Å². The summed E-state index contributed by atoms with van der Waals surface area (Å²) in [5, 5.41) is 0. The minimum Gasteiger partial charge on any atom is -0.458 e. The normalized spacial score (nSPS) is 50.1. The minimum atomic E-state index is -0.120. The van der Waals surface area contributed by atoms with Gasteiger partial charge in [0.2, 0.25) is 0 Å². The Morgan fingerprint density at radius 2 is 1.91 bits per heavy atom. The fourth-order valence-corrected chi connectivity index (χ4v) is 6.78. The summed E-state index contributed by atoms with van der Waals surface area (Å²) in [6.45, 7) is 4.57. The average Bonchev–Trinajstić information content (AvgIpc) is 3.07. The summed E-state index contributed by atoms with van der Waals surface area (Å²) in [6.07, 6.45) is 13.3. The van der Waals surface area contributed by atoms with E-state index in [1.807, 2.05) is 0 Å². The first kappa shape index (κ1) is 15.0. The van der Waals surface area contributed by atoms with Crippen molar-refractivity contribution in [2.45, 2.75) is 90.1 Å². The molecule has 4 bridgehead atoms. The summed E-state index contributed by atoms with van der Waals surface area (Å²) < 4.78 is 6.41. The minimum absolute atomic E-state index is 0.0949.